The van der Waals surface area contributed by atoms with E-state index in [9.17, 15) is 4.79 Å². The van der Waals surface area contributed by atoms with Gasteiger partial charge in [0.15, 0.2) is 0 Å². The molecule has 1 fully saturated rings. The van der Waals surface area contributed by atoms with Crippen molar-refractivity contribution in [1.29, 1.82) is 0 Å². The second kappa shape index (κ2) is 5.11. The SMILES string of the molecule is COCCC(=O)NCC1CCO1. The number of hydrogen-bond donors (Lipinski definition) is 1. The zero-order valence-electron chi connectivity index (χ0n) is 7.34. The van der Waals surface area contributed by atoms with Gasteiger partial charge < -0.3 is 14.8 Å². The minimum Gasteiger partial charge on any atom is -0.384 e. The number of methoxy groups -OCH3 is 1. The van der Waals surface area contributed by atoms with Gasteiger partial charge in [-0.05, 0) is 6.42 Å². The molecule has 1 aliphatic rings. The van der Waals surface area contributed by atoms with Crippen LogP contribution in [0.1, 0.15) is 12.8 Å². The van der Waals surface area contributed by atoms with Gasteiger partial charge in [0.25, 0.3) is 0 Å². The summed E-state index contributed by atoms with van der Waals surface area (Å²) >= 11 is 0. The van der Waals surface area contributed by atoms with Crippen LogP contribution in [0.2, 0.25) is 0 Å². The quantitative estimate of drug-likeness (QED) is 0.633. The van der Waals surface area contributed by atoms with Gasteiger partial charge in [0.1, 0.15) is 0 Å². The van der Waals surface area contributed by atoms with Crippen LogP contribution in [0.5, 0.6) is 0 Å². The number of carbonyl (C=O) groups is 1. The van der Waals surface area contributed by atoms with Crippen molar-refractivity contribution < 1.29 is 14.3 Å². The van der Waals surface area contributed by atoms with E-state index in [1.54, 1.807) is 7.11 Å². The molecular formula is C8H15NO3. The van der Waals surface area contributed by atoms with Crippen LogP contribution in [0.3, 0.4) is 0 Å². The molecule has 1 unspecified atom stereocenters. The number of ether oxygens (including phenoxy) is 2. The fraction of sp³-hybridized carbons (Fsp3) is 0.875. The number of carbonyl (C=O) groups excluding carboxylic acids is 1. The Morgan fingerprint density at radius 1 is 1.75 bits per heavy atom. The highest BCUT2D eigenvalue weighted by Crippen LogP contribution is 2.08. The van der Waals surface area contributed by atoms with Crippen LogP contribution in [0.25, 0.3) is 0 Å². The Balaban J connectivity index is 1.94. The van der Waals surface area contributed by atoms with Crippen molar-refractivity contribution in [3.8, 4) is 0 Å². The Hall–Kier alpha value is -0.610. The molecule has 0 aromatic heterocycles. The molecule has 4 nitrogen and oxygen atoms in total. The maximum Gasteiger partial charge on any atom is 0.222 e. The highest BCUT2D eigenvalue weighted by molar-refractivity contribution is 5.75. The number of nitrogens with one attached hydrogen (secondary N) is 1. The zero-order chi connectivity index (χ0) is 8.81. The van der Waals surface area contributed by atoms with E-state index < -0.39 is 0 Å². The van der Waals surface area contributed by atoms with Gasteiger partial charge in [-0.15, -0.1) is 0 Å². The second-order valence-electron chi connectivity index (χ2n) is 2.83. The molecule has 1 rings (SSSR count). The molecule has 1 atom stereocenters. The normalized spacial score (nSPS) is 21.6. The largest absolute Gasteiger partial charge is 0.384 e. The predicted octanol–water partition coefficient (Wildman–Crippen LogP) is -0.0720. The van der Waals surface area contributed by atoms with Gasteiger partial charge >= 0.3 is 0 Å². The van der Waals surface area contributed by atoms with Gasteiger partial charge in [-0.1, -0.05) is 0 Å². The summed E-state index contributed by atoms with van der Waals surface area (Å²) in [6.45, 7) is 1.96. The van der Waals surface area contributed by atoms with Crippen molar-refractivity contribution in [2.75, 3.05) is 26.9 Å². The monoisotopic (exact) mass is 173 g/mol. The lowest BCUT2D eigenvalue weighted by atomic mass is 10.2. The van der Waals surface area contributed by atoms with Gasteiger partial charge in [-0.25, -0.2) is 0 Å². The van der Waals surface area contributed by atoms with Crippen LogP contribution < -0.4 is 5.32 Å². The third-order valence-electron chi connectivity index (χ3n) is 1.85. The highest BCUT2D eigenvalue weighted by Gasteiger charge is 2.18. The standard InChI is InChI=1S/C8H15NO3/c1-11-4-3-8(10)9-6-7-2-5-12-7/h7H,2-6H2,1H3,(H,9,10). The van der Waals surface area contributed by atoms with Crippen LogP contribution in [-0.4, -0.2) is 38.9 Å². The van der Waals surface area contributed by atoms with Crippen LogP contribution in [0, 0.1) is 0 Å². The van der Waals surface area contributed by atoms with Gasteiger partial charge in [0.05, 0.1) is 12.7 Å². The molecule has 1 saturated heterocycles. The maximum atomic E-state index is 11.0. The van der Waals surface area contributed by atoms with Crippen molar-refractivity contribution in [1.82, 2.24) is 5.32 Å². The van der Waals surface area contributed by atoms with Crippen LogP contribution >= 0.6 is 0 Å². The van der Waals surface area contributed by atoms with Crippen molar-refractivity contribution in [3.63, 3.8) is 0 Å². The van der Waals surface area contributed by atoms with Crippen molar-refractivity contribution >= 4 is 5.91 Å². The lowest BCUT2D eigenvalue weighted by molar-refractivity contribution is -0.124. The number of hydrogen-bond acceptors (Lipinski definition) is 3. The summed E-state index contributed by atoms with van der Waals surface area (Å²) in [6, 6.07) is 0. The first-order valence-electron chi connectivity index (χ1n) is 4.20. The lowest BCUT2D eigenvalue weighted by Crippen LogP contribution is -2.39. The summed E-state index contributed by atoms with van der Waals surface area (Å²) in [7, 11) is 1.59. The lowest BCUT2D eigenvalue weighted by Gasteiger charge is -2.26. The summed E-state index contributed by atoms with van der Waals surface area (Å²) in [4.78, 5) is 11.0. The van der Waals surface area contributed by atoms with Crippen LogP contribution in [0.15, 0.2) is 0 Å². The molecule has 70 valence electrons. The van der Waals surface area contributed by atoms with Crippen LogP contribution in [-0.2, 0) is 14.3 Å². The molecule has 1 aliphatic heterocycles. The molecular weight excluding hydrogens is 158 g/mol. The first-order valence-corrected chi connectivity index (χ1v) is 4.20. The molecule has 0 radical (unpaired) electrons. The molecule has 12 heavy (non-hydrogen) atoms. The predicted molar refractivity (Wildman–Crippen MR) is 43.9 cm³/mol. The third kappa shape index (κ3) is 3.19. The summed E-state index contributed by atoms with van der Waals surface area (Å²) < 4.78 is 9.91. The summed E-state index contributed by atoms with van der Waals surface area (Å²) in [5.74, 6) is 0.0346. The molecule has 4 heteroatoms. The second-order valence-corrected chi connectivity index (χ2v) is 2.83. The molecule has 0 bridgehead atoms. The highest BCUT2D eigenvalue weighted by atomic mass is 16.5. The minimum atomic E-state index is 0.0346. The van der Waals surface area contributed by atoms with Crippen LogP contribution in [0.4, 0.5) is 0 Å². The topological polar surface area (TPSA) is 47.6 Å². The Labute approximate surface area is 72.2 Å². The third-order valence-corrected chi connectivity index (χ3v) is 1.85. The summed E-state index contributed by atoms with van der Waals surface area (Å²) in [5.41, 5.74) is 0. The Morgan fingerprint density at radius 3 is 3.00 bits per heavy atom. The average molecular weight is 173 g/mol. The smallest absolute Gasteiger partial charge is 0.222 e. The molecule has 0 saturated carbocycles. The Morgan fingerprint density at radius 2 is 2.50 bits per heavy atom. The van der Waals surface area contributed by atoms with E-state index in [4.69, 9.17) is 9.47 Å². The van der Waals surface area contributed by atoms with Gasteiger partial charge in [-0.2, -0.15) is 0 Å². The molecule has 0 aromatic carbocycles. The molecule has 1 heterocycles. The van der Waals surface area contributed by atoms with E-state index >= 15 is 0 Å². The molecule has 0 spiro atoms. The van der Waals surface area contributed by atoms with Crippen molar-refractivity contribution in [3.05, 3.63) is 0 Å². The fourth-order valence-electron chi connectivity index (χ4n) is 0.956. The van der Waals surface area contributed by atoms with E-state index in [-0.39, 0.29) is 12.0 Å². The van der Waals surface area contributed by atoms with E-state index in [1.165, 1.54) is 0 Å². The summed E-state index contributed by atoms with van der Waals surface area (Å²) in [5, 5.41) is 2.78. The van der Waals surface area contributed by atoms with Crippen molar-refractivity contribution in [2.45, 2.75) is 18.9 Å². The number of rotatable bonds is 5. The molecule has 0 aromatic rings. The molecule has 1 N–H and O–H groups in total. The Kier molecular flexibility index (Phi) is 4.04. The first-order chi connectivity index (χ1) is 5.83. The van der Waals surface area contributed by atoms with Crippen molar-refractivity contribution in [2.24, 2.45) is 0 Å². The molecule has 0 aliphatic carbocycles. The van der Waals surface area contributed by atoms with E-state index in [0.717, 1.165) is 13.0 Å². The minimum absolute atomic E-state index is 0.0346. The first kappa shape index (κ1) is 9.48. The molecule has 1 amide bonds. The fourth-order valence-corrected chi connectivity index (χ4v) is 0.956. The van der Waals surface area contributed by atoms with E-state index in [2.05, 4.69) is 5.32 Å². The Bertz CT molecular complexity index is 145. The average Bonchev–Trinajstić information content (AvgIpc) is 1.98. The maximum absolute atomic E-state index is 11.0. The van der Waals surface area contributed by atoms with E-state index in [0.29, 0.717) is 19.6 Å². The van der Waals surface area contributed by atoms with Gasteiger partial charge in [0, 0.05) is 26.7 Å². The van der Waals surface area contributed by atoms with Gasteiger partial charge in [-0.3, -0.25) is 4.79 Å². The zero-order valence-corrected chi connectivity index (χ0v) is 7.34. The number of amides is 1. The van der Waals surface area contributed by atoms with Gasteiger partial charge in [0.2, 0.25) is 5.91 Å². The summed E-state index contributed by atoms with van der Waals surface area (Å²) in [6.07, 6.45) is 1.74. The van der Waals surface area contributed by atoms with E-state index in [1.807, 2.05) is 0 Å².